The van der Waals surface area contributed by atoms with Crippen molar-refractivity contribution in [1.82, 2.24) is 10.2 Å². The summed E-state index contributed by atoms with van der Waals surface area (Å²) in [6.07, 6.45) is 8.21. The molecule has 1 atom stereocenters. The Balaban J connectivity index is 2.52. The molecule has 1 N–H and O–H groups in total. The van der Waals surface area contributed by atoms with E-state index >= 15 is 0 Å². The first-order valence-electron chi connectivity index (χ1n) is 7.36. The van der Waals surface area contributed by atoms with Crippen LogP contribution in [-0.2, 0) is 4.74 Å². The number of hydrogen-bond acceptors (Lipinski definition) is 3. The van der Waals surface area contributed by atoms with E-state index in [1.165, 1.54) is 0 Å². The van der Waals surface area contributed by atoms with Gasteiger partial charge in [0.05, 0.1) is 5.54 Å². The molecule has 1 aliphatic rings. The maximum absolute atomic E-state index is 12.1. The molecule has 1 saturated heterocycles. The Morgan fingerprint density at radius 1 is 1.25 bits per heavy atom. The molecule has 0 aromatic carbocycles. The van der Waals surface area contributed by atoms with E-state index < -0.39 is 5.60 Å². The van der Waals surface area contributed by atoms with Crippen LogP contribution in [0.15, 0.2) is 0 Å². The van der Waals surface area contributed by atoms with E-state index in [9.17, 15) is 4.79 Å². The summed E-state index contributed by atoms with van der Waals surface area (Å²) < 4.78 is 5.42. The van der Waals surface area contributed by atoms with Crippen LogP contribution in [0, 0.1) is 12.3 Å². The van der Waals surface area contributed by atoms with Crippen LogP contribution >= 0.6 is 0 Å². The Morgan fingerprint density at radius 3 is 2.45 bits per heavy atom. The normalized spacial score (nSPS) is 21.0. The standard InChI is InChI=1S/C16H28N2O2/c1-7-16(5,6)17-13-9-8-11-18(12-10-13)14(19)20-15(2,3)4/h1,13,17H,8-12H2,2-6H3. The fourth-order valence-corrected chi connectivity index (χ4v) is 2.30. The first kappa shape index (κ1) is 16.8. The van der Waals surface area contributed by atoms with Gasteiger partial charge in [-0.2, -0.15) is 0 Å². The van der Waals surface area contributed by atoms with Gasteiger partial charge in [0.25, 0.3) is 0 Å². The fraction of sp³-hybridized carbons (Fsp3) is 0.812. The first-order valence-corrected chi connectivity index (χ1v) is 7.36. The largest absolute Gasteiger partial charge is 0.444 e. The van der Waals surface area contributed by atoms with Crippen molar-refractivity contribution >= 4 is 6.09 Å². The van der Waals surface area contributed by atoms with Crippen LogP contribution in [0.25, 0.3) is 0 Å². The maximum Gasteiger partial charge on any atom is 0.410 e. The summed E-state index contributed by atoms with van der Waals surface area (Å²) in [7, 11) is 0. The van der Waals surface area contributed by atoms with Gasteiger partial charge in [-0.3, -0.25) is 5.32 Å². The second kappa shape index (κ2) is 6.49. The van der Waals surface area contributed by atoms with Gasteiger partial charge in [0, 0.05) is 19.1 Å². The van der Waals surface area contributed by atoms with Crippen LogP contribution < -0.4 is 5.32 Å². The molecule has 1 aliphatic heterocycles. The quantitative estimate of drug-likeness (QED) is 0.791. The Hall–Kier alpha value is -1.21. The average Bonchev–Trinajstić information content (AvgIpc) is 2.52. The molecule has 1 amide bonds. The van der Waals surface area contributed by atoms with E-state index in [1.807, 2.05) is 34.6 Å². The third kappa shape index (κ3) is 5.83. The molecule has 20 heavy (non-hydrogen) atoms. The van der Waals surface area contributed by atoms with E-state index in [0.717, 1.165) is 25.8 Å². The van der Waals surface area contributed by atoms with Crippen LogP contribution in [0.5, 0.6) is 0 Å². The van der Waals surface area contributed by atoms with Crippen molar-refractivity contribution in [1.29, 1.82) is 0 Å². The minimum Gasteiger partial charge on any atom is -0.444 e. The van der Waals surface area contributed by atoms with Crippen molar-refractivity contribution < 1.29 is 9.53 Å². The zero-order valence-electron chi connectivity index (χ0n) is 13.5. The number of carbonyl (C=O) groups excluding carboxylic acids is 1. The molecule has 1 heterocycles. The lowest BCUT2D eigenvalue weighted by Crippen LogP contribution is -2.45. The molecule has 1 unspecified atom stereocenters. The van der Waals surface area contributed by atoms with Gasteiger partial charge in [-0.05, 0) is 53.9 Å². The summed E-state index contributed by atoms with van der Waals surface area (Å²) in [4.78, 5) is 13.9. The molecule has 1 fully saturated rings. The van der Waals surface area contributed by atoms with Crippen molar-refractivity contribution in [3.05, 3.63) is 0 Å². The Labute approximate surface area is 123 Å². The topological polar surface area (TPSA) is 41.6 Å². The van der Waals surface area contributed by atoms with E-state index in [1.54, 1.807) is 4.90 Å². The predicted molar refractivity (Wildman–Crippen MR) is 81.5 cm³/mol. The summed E-state index contributed by atoms with van der Waals surface area (Å²) in [6, 6.07) is 0.355. The smallest absolute Gasteiger partial charge is 0.410 e. The Bertz CT molecular complexity index is 377. The lowest BCUT2D eigenvalue weighted by atomic mass is 10.0. The van der Waals surface area contributed by atoms with Crippen molar-refractivity contribution in [2.75, 3.05) is 13.1 Å². The summed E-state index contributed by atoms with van der Waals surface area (Å²) in [5.74, 6) is 2.76. The van der Waals surface area contributed by atoms with Crippen LogP contribution in [0.1, 0.15) is 53.9 Å². The van der Waals surface area contributed by atoms with Crippen molar-refractivity contribution in [3.8, 4) is 12.3 Å². The molecule has 0 spiro atoms. The highest BCUT2D eigenvalue weighted by molar-refractivity contribution is 5.68. The molecule has 4 heteroatoms. The highest BCUT2D eigenvalue weighted by atomic mass is 16.6. The molecule has 0 aliphatic carbocycles. The van der Waals surface area contributed by atoms with Crippen LogP contribution in [-0.4, -0.2) is 41.3 Å². The minimum atomic E-state index is -0.438. The third-order valence-electron chi connectivity index (χ3n) is 3.31. The van der Waals surface area contributed by atoms with Gasteiger partial charge in [-0.25, -0.2) is 4.79 Å². The predicted octanol–water partition coefficient (Wildman–Crippen LogP) is 2.78. The molecule has 0 aromatic heterocycles. The lowest BCUT2D eigenvalue weighted by molar-refractivity contribution is 0.0256. The highest BCUT2D eigenvalue weighted by Gasteiger charge is 2.27. The minimum absolute atomic E-state index is 0.214. The SMILES string of the molecule is C#CC(C)(C)NC1CCCN(C(=O)OC(C)(C)C)CC1. The zero-order valence-corrected chi connectivity index (χ0v) is 13.5. The summed E-state index contributed by atoms with van der Waals surface area (Å²) >= 11 is 0. The van der Waals surface area contributed by atoms with Crippen LogP contribution in [0.4, 0.5) is 4.79 Å². The molecule has 0 radical (unpaired) electrons. The number of nitrogens with zero attached hydrogens (tertiary/aromatic N) is 1. The molecular weight excluding hydrogens is 252 g/mol. The van der Waals surface area contributed by atoms with Gasteiger partial charge in [0.2, 0.25) is 0 Å². The number of hydrogen-bond donors (Lipinski definition) is 1. The second-order valence-corrected chi connectivity index (χ2v) is 7.01. The molecule has 0 bridgehead atoms. The Kier molecular flexibility index (Phi) is 5.47. The molecule has 4 nitrogen and oxygen atoms in total. The van der Waals surface area contributed by atoms with Crippen LogP contribution in [0.2, 0.25) is 0 Å². The highest BCUT2D eigenvalue weighted by Crippen LogP contribution is 2.17. The summed E-state index contributed by atoms with van der Waals surface area (Å²) in [5, 5.41) is 3.48. The maximum atomic E-state index is 12.1. The van der Waals surface area contributed by atoms with Crippen molar-refractivity contribution in [2.24, 2.45) is 0 Å². The van der Waals surface area contributed by atoms with Gasteiger partial charge in [0.15, 0.2) is 0 Å². The average molecular weight is 280 g/mol. The molecule has 1 rings (SSSR count). The third-order valence-corrected chi connectivity index (χ3v) is 3.31. The van der Waals surface area contributed by atoms with Gasteiger partial charge in [-0.15, -0.1) is 6.42 Å². The Morgan fingerprint density at radius 2 is 1.90 bits per heavy atom. The van der Waals surface area contributed by atoms with Crippen LogP contribution in [0.3, 0.4) is 0 Å². The first-order chi connectivity index (χ1) is 9.13. The number of nitrogens with one attached hydrogen (secondary N) is 1. The lowest BCUT2D eigenvalue weighted by Gasteiger charge is -2.28. The monoisotopic (exact) mass is 280 g/mol. The van der Waals surface area contributed by atoms with Gasteiger partial charge < -0.3 is 9.64 Å². The summed E-state index contributed by atoms with van der Waals surface area (Å²) in [6.45, 7) is 11.2. The number of rotatable bonds is 2. The number of carbonyl (C=O) groups is 1. The second-order valence-electron chi connectivity index (χ2n) is 7.01. The summed E-state index contributed by atoms with van der Waals surface area (Å²) in [5.41, 5.74) is -0.738. The number of terminal acetylenes is 1. The van der Waals surface area contributed by atoms with E-state index in [-0.39, 0.29) is 11.6 Å². The molecular formula is C16H28N2O2. The number of ether oxygens (including phenoxy) is 1. The van der Waals surface area contributed by atoms with Crippen molar-refractivity contribution in [2.45, 2.75) is 71.1 Å². The zero-order chi connectivity index (χ0) is 15.4. The molecule has 114 valence electrons. The molecule has 0 aromatic rings. The van der Waals surface area contributed by atoms with Gasteiger partial charge in [0.1, 0.15) is 5.60 Å². The number of likely N-dealkylation sites (tertiary alicyclic amines) is 1. The van der Waals surface area contributed by atoms with E-state index in [0.29, 0.717) is 12.6 Å². The van der Waals surface area contributed by atoms with Crippen molar-refractivity contribution in [3.63, 3.8) is 0 Å². The molecule has 0 saturated carbocycles. The number of amides is 1. The van der Waals surface area contributed by atoms with E-state index in [2.05, 4.69) is 11.2 Å². The van der Waals surface area contributed by atoms with Gasteiger partial charge in [-0.1, -0.05) is 5.92 Å². The van der Waals surface area contributed by atoms with E-state index in [4.69, 9.17) is 11.2 Å². The van der Waals surface area contributed by atoms with Gasteiger partial charge >= 0.3 is 6.09 Å². The fourth-order valence-electron chi connectivity index (χ4n) is 2.30.